The van der Waals surface area contributed by atoms with Crippen LogP contribution in [0.3, 0.4) is 0 Å². The standard InChI is InChI=1S/C21H28N2O7/c1-13(20(2,3)4)17(24)29-18(25)14-9-10-15(16(11-14)23(27)28)12-22(8)19(26)30-21(5,6)7/h9-11H,1,12H2,2-8H3. The number of nitro benzene ring substituents is 1. The summed E-state index contributed by atoms with van der Waals surface area (Å²) in [6.45, 7) is 13.8. The van der Waals surface area contributed by atoms with E-state index in [4.69, 9.17) is 9.47 Å². The highest BCUT2D eigenvalue weighted by Gasteiger charge is 2.27. The molecule has 1 amide bonds. The molecule has 1 rings (SSSR count). The van der Waals surface area contributed by atoms with Gasteiger partial charge in [-0.05, 0) is 38.3 Å². The zero-order valence-electron chi connectivity index (χ0n) is 18.4. The number of nitro groups is 1. The molecule has 0 spiro atoms. The van der Waals surface area contributed by atoms with Gasteiger partial charge in [-0.1, -0.05) is 27.4 Å². The summed E-state index contributed by atoms with van der Waals surface area (Å²) in [5.74, 6) is -1.93. The predicted octanol–water partition coefficient (Wildman–Crippen LogP) is 4.25. The molecule has 0 aromatic heterocycles. The van der Waals surface area contributed by atoms with E-state index in [9.17, 15) is 24.5 Å². The van der Waals surface area contributed by atoms with Crippen molar-refractivity contribution in [3.8, 4) is 0 Å². The molecule has 0 aliphatic rings. The second-order valence-corrected chi connectivity index (χ2v) is 8.84. The Hall–Kier alpha value is -3.23. The number of rotatable bonds is 5. The molecule has 0 heterocycles. The first kappa shape index (κ1) is 24.8. The number of ether oxygens (including phenoxy) is 2. The quantitative estimate of drug-likeness (QED) is 0.230. The molecule has 0 fully saturated rings. The molecular formula is C21H28N2O7. The first-order chi connectivity index (χ1) is 13.5. The third-order valence-corrected chi connectivity index (χ3v) is 3.97. The third kappa shape index (κ3) is 6.98. The zero-order valence-corrected chi connectivity index (χ0v) is 18.4. The zero-order chi connectivity index (χ0) is 23.4. The van der Waals surface area contributed by atoms with Gasteiger partial charge in [0.15, 0.2) is 0 Å². The van der Waals surface area contributed by atoms with Crippen LogP contribution in [-0.4, -0.2) is 40.5 Å². The monoisotopic (exact) mass is 420 g/mol. The number of benzene rings is 1. The van der Waals surface area contributed by atoms with E-state index in [-0.39, 0.29) is 28.9 Å². The third-order valence-electron chi connectivity index (χ3n) is 3.97. The van der Waals surface area contributed by atoms with Gasteiger partial charge in [0, 0.05) is 24.3 Å². The summed E-state index contributed by atoms with van der Waals surface area (Å²) in [5.41, 5.74) is -1.58. The summed E-state index contributed by atoms with van der Waals surface area (Å²) >= 11 is 0. The molecule has 0 aliphatic carbocycles. The minimum atomic E-state index is -1.03. The van der Waals surface area contributed by atoms with Crippen molar-refractivity contribution < 1.29 is 28.8 Å². The lowest BCUT2D eigenvalue weighted by atomic mass is 9.88. The van der Waals surface area contributed by atoms with Crippen LogP contribution in [0.1, 0.15) is 57.5 Å². The second kappa shape index (κ2) is 9.06. The normalized spacial score (nSPS) is 11.4. The van der Waals surface area contributed by atoms with Crippen molar-refractivity contribution in [2.45, 2.75) is 53.7 Å². The number of carbonyl (C=O) groups is 3. The molecule has 0 bridgehead atoms. The highest BCUT2D eigenvalue weighted by Crippen LogP contribution is 2.26. The Labute approximate surface area is 175 Å². The largest absolute Gasteiger partial charge is 0.444 e. The Morgan fingerprint density at radius 2 is 1.70 bits per heavy atom. The summed E-state index contributed by atoms with van der Waals surface area (Å²) in [6.07, 6.45) is -0.647. The average Bonchev–Trinajstić information content (AvgIpc) is 2.58. The van der Waals surface area contributed by atoms with Crippen LogP contribution in [-0.2, 0) is 20.8 Å². The van der Waals surface area contributed by atoms with Gasteiger partial charge < -0.3 is 14.4 Å². The molecule has 0 saturated heterocycles. The van der Waals surface area contributed by atoms with Crippen LogP contribution >= 0.6 is 0 Å². The van der Waals surface area contributed by atoms with E-state index in [0.29, 0.717) is 0 Å². The number of esters is 2. The second-order valence-electron chi connectivity index (χ2n) is 8.84. The lowest BCUT2D eigenvalue weighted by Crippen LogP contribution is -2.34. The minimum absolute atomic E-state index is 0.0981. The van der Waals surface area contributed by atoms with Crippen LogP contribution in [0.15, 0.2) is 30.4 Å². The summed E-state index contributed by atoms with van der Waals surface area (Å²) in [7, 11) is 1.44. The van der Waals surface area contributed by atoms with Crippen molar-refractivity contribution in [3.63, 3.8) is 0 Å². The summed E-state index contributed by atoms with van der Waals surface area (Å²) in [5, 5.41) is 11.5. The fraction of sp³-hybridized carbons (Fsp3) is 0.476. The van der Waals surface area contributed by atoms with Crippen LogP contribution < -0.4 is 0 Å². The fourth-order valence-electron chi connectivity index (χ4n) is 2.17. The smallest absolute Gasteiger partial charge is 0.410 e. The topological polar surface area (TPSA) is 116 Å². The van der Waals surface area contributed by atoms with Gasteiger partial charge in [0.1, 0.15) is 5.60 Å². The van der Waals surface area contributed by atoms with Gasteiger partial charge in [-0.15, -0.1) is 0 Å². The Morgan fingerprint density at radius 3 is 2.17 bits per heavy atom. The maximum Gasteiger partial charge on any atom is 0.410 e. The molecule has 1 aromatic carbocycles. The van der Waals surface area contributed by atoms with Crippen LogP contribution in [0.25, 0.3) is 0 Å². The summed E-state index contributed by atoms with van der Waals surface area (Å²) in [4.78, 5) is 48.4. The van der Waals surface area contributed by atoms with Gasteiger partial charge in [0.25, 0.3) is 5.69 Å². The van der Waals surface area contributed by atoms with Gasteiger partial charge in [-0.2, -0.15) is 0 Å². The summed E-state index contributed by atoms with van der Waals surface area (Å²) < 4.78 is 10.0. The van der Waals surface area contributed by atoms with Crippen LogP contribution in [0.2, 0.25) is 0 Å². The van der Waals surface area contributed by atoms with Gasteiger partial charge in [0.05, 0.1) is 17.0 Å². The SMILES string of the molecule is C=C(C(=O)OC(=O)c1ccc(CN(C)C(=O)OC(C)(C)C)c([N+](=O)[O-])c1)C(C)(C)C. The molecule has 0 atom stereocenters. The molecule has 1 aromatic rings. The lowest BCUT2D eigenvalue weighted by molar-refractivity contribution is -0.385. The minimum Gasteiger partial charge on any atom is -0.444 e. The van der Waals surface area contributed by atoms with Gasteiger partial charge >= 0.3 is 18.0 Å². The molecule has 0 aliphatic heterocycles. The van der Waals surface area contributed by atoms with Crippen LogP contribution in [0.5, 0.6) is 0 Å². The van der Waals surface area contributed by atoms with Crippen molar-refractivity contribution in [2.24, 2.45) is 5.41 Å². The van der Waals surface area contributed by atoms with Crippen molar-refractivity contribution >= 4 is 23.7 Å². The van der Waals surface area contributed by atoms with Crippen LogP contribution in [0, 0.1) is 15.5 Å². The number of carbonyl (C=O) groups excluding carboxylic acids is 3. The Morgan fingerprint density at radius 1 is 1.13 bits per heavy atom. The first-order valence-corrected chi connectivity index (χ1v) is 9.20. The molecule has 9 nitrogen and oxygen atoms in total. The molecule has 9 heteroatoms. The number of amides is 1. The average molecular weight is 420 g/mol. The van der Waals surface area contributed by atoms with Gasteiger partial charge in [-0.25, -0.2) is 14.4 Å². The maximum atomic E-state index is 12.3. The highest BCUT2D eigenvalue weighted by atomic mass is 16.6. The Kier molecular flexibility index (Phi) is 7.49. The van der Waals surface area contributed by atoms with Crippen molar-refractivity contribution in [3.05, 3.63) is 51.6 Å². The summed E-state index contributed by atoms with van der Waals surface area (Å²) in [6, 6.07) is 3.63. The highest BCUT2D eigenvalue weighted by molar-refractivity contribution is 6.02. The Bertz CT molecular complexity index is 876. The molecule has 0 unspecified atom stereocenters. The Balaban J connectivity index is 3.05. The molecule has 0 radical (unpaired) electrons. The van der Waals surface area contributed by atoms with Crippen LogP contribution in [0.4, 0.5) is 10.5 Å². The molecular weight excluding hydrogens is 392 g/mol. The predicted molar refractivity (Wildman–Crippen MR) is 110 cm³/mol. The fourth-order valence-corrected chi connectivity index (χ4v) is 2.17. The number of hydrogen-bond acceptors (Lipinski definition) is 7. The van der Waals surface area contributed by atoms with E-state index < -0.39 is 34.0 Å². The van der Waals surface area contributed by atoms with Crippen molar-refractivity contribution in [1.29, 1.82) is 0 Å². The van der Waals surface area contributed by atoms with Gasteiger partial charge in [-0.3, -0.25) is 10.1 Å². The van der Waals surface area contributed by atoms with E-state index in [1.807, 2.05) is 0 Å². The van der Waals surface area contributed by atoms with E-state index in [1.165, 1.54) is 24.1 Å². The molecule has 30 heavy (non-hydrogen) atoms. The van der Waals surface area contributed by atoms with Gasteiger partial charge in [0.2, 0.25) is 0 Å². The van der Waals surface area contributed by atoms with E-state index in [2.05, 4.69) is 6.58 Å². The molecule has 0 saturated carbocycles. The first-order valence-electron chi connectivity index (χ1n) is 9.20. The number of nitrogens with zero attached hydrogens (tertiary/aromatic N) is 2. The van der Waals surface area contributed by atoms with Crippen molar-refractivity contribution in [2.75, 3.05) is 7.05 Å². The number of hydrogen-bond donors (Lipinski definition) is 0. The van der Waals surface area contributed by atoms with E-state index in [0.717, 1.165) is 6.07 Å². The lowest BCUT2D eigenvalue weighted by Gasteiger charge is -2.24. The maximum absolute atomic E-state index is 12.3. The van der Waals surface area contributed by atoms with Crippen molar-refractivity contribution in [1.82, 2.24) is 4.90 Å². The molecule has 0 N–H and O–H groups in total. The molecule has 164 valence electrons. The van der Waals surface area contributed by atoms with E-state index in [1.54, 1.807) is 41.5 Å². The van der Waals surface area contributed by atoms with E-state index >= 15 is 0 Å².